The summed E-state index contributed by atoms with van der Waals surface area (Å²) in [6, 6.07) is 9.72. The maximum Gasteiger partial charge on any atom is 0.122 e. The smallest absolute Gasteiger partial charge is 0.122 e. The van der Waals surface area contributed by atoms with E-state index in [1.54, 1.807) is 18.4 Å². The summed E-state index contributed by atoms with van der Waals surface area (Å²) >= 11 is 4.94. The van der Waals surface area contributed by atoms with Crippen LogP contribution in [0.1, 0.15) is 16.5 Å². The van der Waals surface area contributed by atoms with Gasteiger partial charge in [-0.15, -0.1) is 11.3 Å². The van der Waals surface area contributed by atoms with Crippen molar-refractivity contribution in [3.63, 3.8) is 0 Å². The van der Waals surface area contributed by atoms with E-state index < -0.39 is 6.10 Å². The molecule has 1 aromatic carbocycles. The van der Waals surface area contributed by atoms with Crippen LogP contribution in [-0.2, 0) is 6.42 Å². The molecule has 0 aliphatic rings. The van der Waals surface area contributed by atoms with Gasteiger partial charge in [0, 0.05) is 21.2 Å². The van der Waals surface area contributed by atoms with Gasteiger partial charge in [-0.25, -0.2) is 0 Å². The number of methoxy groups -OCH3 is 1. The van der Waals surface area contributed by atoms with Gasteiger partial charge in [0.05, 0.1) is 13.2 Å². The highest BCUT2D eigenvalue weighted by Crippen LogP contribution is 2.30. The number of ether oxygens (including phenoxy) is 1. The summed E-state index contributed by atoms with van der Waals surface area (Å²) in [5, 5.41) is 12.1. The van der Waals surface area contributed by atoms with Crippen LogP contribution in [0.2, 0.25) is 0 Å². The molecular formula is C13H13BrO2S. The van der Waals surface area contributed by atoms with Crippen molar-refractivity contribution in [1.82, 2.24) is 0 Å². The Kier molecular flexibility index (Phi) is 4.20. The number of halogens is 1. The number of para-hydroxylation sites is 1. The minimum absolute atomic E-state index is 0.484. The SMILES string of the molecule is COc1ccccc1CC(O)c1cc(Br)cs1. The average Bonchev–Trinajstić information content (AvgIpc) is 2.77. The Hall–Kier alpha value is -0.840. The van der Waals surface area contributed by atoms with Crippen LogP contribution in [0, 0.1) is 0 Å². The maximum atomic E-state index is 10.1. The van der Waals surface area contributed by atoms with E-state index in [4.69, 9.17) is 4.74 Å². The second kappa shape index (κ2) is 5.67. The van der Waals surface area contributed by atoms with Gasteiger partial charge < -0.3 is 9.84 Å². The zero-order chi connectivity index (χ0) is 12.3. The lowest BCUT2D eigenvalue weighted by Gasteiger charge is -2.11. The lowest BCUT2D eigenvalue weighted by atomic mass is 10.1. The standard InChI is InChI=1S/C13H13BrO2S/c1-16-12-5-3-2-4-9(12)6-11(15)13-7-10(14)8-17-13/h2-5,7-8,11,15H,6H2,1H3. The van der Waals surface area contributed by atoms with Crippen LogP contribution in [0.25, 0.3) is 0 Å². The number of benzene rings is 1. The van der Waals surface area contributed by atoms with E-state index in [-0.39, 0.29) is 0 Å². The first-order valence-corrected chi connectivity index (χ1v) is 6.92. The molecule has 1 unspecified atom stereocenters. The van der Waals surface area contributed by atoms with E-state index in [9.17, 15) is 5.11 Å². The number of rotatable bonds is 4. The zero-order valence-electron chi connectivity index (χ0n) is 9.39. The highest BCUT2D eigenvalue weighted by Gasteiger charge is 2.13. The Morgan fingerprint density at radius 2 is 2.18 bits per heavy atom. The van der Waals surface area contributed by atoms with Crippen molar-refractivity contribution >= 4 is 27.3 Å². The van der Waals surface area contributed by atoms with E-state index in [1.807, 2.05) is 35.7 Å². The predicted octanol–water partition coefficient (Wildman–Crippen LogP) is 3.80. The first-order chi connectivity index (χ1) is 8.20. The summed E-state index contributed by atoms with van der Waals surface area (Å²) in [7, 11) is 1.65. The van der Waals surface area contributed by atoms with Crippen molar-refractivity contribution in [3.8, 4) is 5.75 Å². The zero-order valence-corrected chi connectivity index (χ0v) is 11.8. The molecule has 1 N–H and O–H groups in total. The number of hydrogen-bond donors (Lipinski definition) is 1. The van der Waals surface area contributed by atoms with Crippen molar-refractivity contribution in [2.45, 2.75) is 12.5 Å². The number of aliphatic hydroxyl groups is 1. The molecule has 1 atom stereocenters. The van der Waals surface area contributed by atoms with Gasteiger partial charge in [-0.3, -0.25) is 0 Å². The van der Waals surface area contributed by atoms with E-state index in [0.29, 0.717) is 6.42 Å². The Labute approximate surface area is 113 Å². The van der Waals surface area contributed by atoms with Crippen LogP contribution in [-0.4, -0.2) is 12.2 Å². The molecule has 2 rings (SSSR count). The third-order valence-corrected chi connectivity index (χ3v) is 4.32. The molecule has 0 saturated carbocycles. The van der Waals surface area contributed by atoms with Crippen molar-refractivity contribution in [3.05, 3.63) is 50.6 Å². The molecule has 0 aliphatic heterocycles. The van der Waals surface area contributed by atoms with Crippen LogP contribution >= 0.6 is 27.3 Å². The van der Waals surface area contributed by atoms with E-state index in [0.717, 1.165) is 20.7 Å². The molecule has 0 radical (unpaired) electrons. The number of thiophene rings is 1. The lowest BCUT2D eigenvalue weighted by Crippen LogP contribution is -2.01. The third kappa shape index (κ3) is 3.09. The third-order valence-electron chi connectivity index (χ3n) is 2.52. The normalized spacial score (nSPS) is 12.4. The monoisotopic (exact) mass is 312 g/mol. The molecule has 2 aromatic rings. The van der Waals surface area contributed by atoms with Crippen molar-refractivity contribution in [2.75, 3.05) is 7.11 Å². The molecule has 0 bridgehead atoms. The van der Waals surface area contributed by atoms with Gasteiger partial charge >= 0.3 is 0 Å². The molecular weight excluding hydrogens is 300 g/mol. The molecule has 0 saturated heterocycles. The second-order valence-electron chi connectivity index (χ2n) is 3.70. The minimum atomic E-state index is -0.484. The first kappa shape index (κ1) is 12.6. The molecule has 1 aromatic heterocycles. The molecule has 0 fully saturated rings. The Balaban J connectivity index is 2.15. The fraction of sp³-hybridized carbons (Fsp3) is 0.231. The molecule has 0 amide bonds. The summed E-state index contributed by atoms with van der Waals surface area (Å²) in [5.41, 5.74) is 1.02. The Bertz CT molecular complexity index is 496. The molecule has 4 heteroatoms. The minimum Gasteiger partial charge on any atom is -0.496 e. The molecule has 0 spiro atoms. The number of aliphatic hydroxyl groups excluding tert-OH is 1. The maximum absolute atomic E-state index is 10.1. The van der Waals surface area contributed by atoms with Crippen LogP contribution < -0.4 is 4.74 Å². The quantitative estimate of drug-likeness (QED) is 0.930. The summed E-state index contributed by atoms with van der Waals surface area (Å²) in [6.45, 7) is 0. The fourth-order valence-corrected chi connectivity index (χ4v) is 3.11. The average molecular weight is 313 g/mol. The molecule has 0 aliphatic carbocycles. The van der Waals surface area contributed by atoms with Crippen LogP contribution in [0.4, 0.5) is 0 Å². The largest absolute Gasteiger partial charge is 0.496 e. The van der Waals surface area contributed by atoms with Gasteiger partial charge in [-0.1, -0.05) is 18.2 Å². The van der Waals surface area contributed by atoms with E-state index in [2.05, 4.69) is 15.9 Å². The van der Waals surface area contributed by atoms with Crippen molar-refractivity contribution < 1.29 is 9.84 Å². The van der Waals surface area contributed by atoms with E-state index in [1.165, 1.54) is 0 Å². The lowest BCUT2D eigenvalue weighted by molar-refractivity contribution is 0.181. The highest BCUT2D eigenvalue weighted by molar-refractivity contribution is 9.10. The van der Waals surface area contributed by atoms with Gasteiger partial charge in [0.2, 0.25) is 0 Å². The number of hydrogen-bond acceptors (Lipinski definition) is 3. The molecule has 1 heterocycles. The van der Waals surface area contributed by atoms with Gasteiger partial charge in [-0.2, -0.15) is 0 Å². The van der Waals surface area contributed by atoms with Crippen LogP contribution in [0.15, 0.2) is 40.2 Å². The topological polar surface area (TPSA) is 29.5 Å². The van der Waals surface area contributed by atoms with Gasteiger partial charge in [0.25, 0.3) is 0 Å². The summed E-state index contributed by atoms with van der Waals surface area (Å²) in [5.74, 6) is 0.821. The highest BCUT2D eigenvalue weighted by atomic mass is 79.9. The van der Waals surface area contributed by atoms with Gasteiger partial charge in [-0.05, 0) is 33.6 Å². The summed E-state index contributed by atoms with van der Waals surface area (Å²) < 4.78 is 6.28. The molecule has 17 heavy (non-hydrogen) atoms. The van der Waals surface area contributed by atoms with Gasteiger partial charge in [0.15, 0.2) is 0 Å². The second-order valence-corrected chi connectivity index (χ2v) is 5.56. The fourth-order valence-electron chi connectivity index (χ4n) is 1.68. The van der Waals surface area contributed by atoms with Crippen molar-refractivity contribution in [2.24, 2.45) is 0 Å². The molecule has 90 valence electrons. The summed E-state index contributed by atoms with van der Waals surface area (Å²) in [6.07, 6.45) is 0.0827. The van der Waals surface area contributed by atoms with Crippen LogP contribution in [0.3, 0.4) is 0 Å². The van der Waals surface area contributed by atoms with Crippen molar-refractivity contribution in [1.29, 1.82) is 0 Å². The predicted molar refractivity (Wildman–Crippen MR) is 73.7 cm³/mol. The Morgan fingerprint density at radius 3 is 2.82 bits per heavy atom. The Morgan fingerprint density at radius 1 is 1.41 bits per heavy atom. The van der Waals surface area contributed by atoms with Gasteiger partial charge in [0.1, 0.15) is 5.75 Å². The molecule has 2 nitrogen and oxygen atoms in total. The first-order valence-electron chi connectivity index (χ1n) is 5.24. The summed E-state index contributed by atoms with van der Waals surface area (Å²) in [4.78, 5) is 0.961. The van der Waals surface area contributed by atoms with Crippen LogP contribution in [0.5, 0.6) is 5.75 Å². The van der Waals surface area contributed by atoms with E-state index >= 15 is 0 Å².